The van der Waals surface area contributed by atoms with Crippen molar-refractivity contribution in [3.8, 4) is 5.75 Å². The van der Waals surface area contributed by atoms with Gasteiger partial charge < -0.3 is 15.0 Å². The Labute approximate surface area is 104 Å². The molecule has 0 spiro atoms. The zero-order chi connectivity index (χ0) is 12.3. The molecule has 0 bridgehead atoms. The largest absolute Gasteiger partial charge is 0.489 e. The summed E-state index contributed by atoms with van der Waals surface area (Å²) in [5.74, 6) is 1.06. The Morgan fingerprint density at radius 1 is 1.47 bits per heavy atom. The van der Waals surface area contributed by atoms with Crippen molar-refractivity contribution in [2.45, 2.75) is 25.8 Å². The van der Waals surface area contributed by atoms with E-state index in [0.717, 1.165) is 18.9 Å². The lowest BCUT2D eigenvalue weighted by atomic mass is 10.1. The summed E-state index contributed by atoms with van der Waals surface area (Å²) < 4.78 is 5.91. The first-order valence-electron chi connectivity index (χ1n) is 6.34. The van der Waals surface area contributed by atoms with Gasteiger partial charge in [-0.25, -0.2) is 0 Å². The van der Waals surface area contributed by atoms with E-state index in [1.807, 2.05) is 7.05 Å². The predicted molar refractivity (Wildman–Crippen MR) is 72.0 cm³/mol. The fourth-order valence-electron chi connectivity index (χ4n) is 2.38. The molecule has 1 aliphatic rings. The third kappa shape index (κ3) is 2.55. The van der Waals surface area contributed by atoms with Gasteiger partial charge in [0.2, 0.25) is 0 Å². The molecule has 3 nitrogen and oxygen atoms in total. The average molecular weight is 234 g/mol. The molecule has 0 amide bonds. The summed E-state index contributed by atoms with van der Waals surface area (Å²) in [7, 11) is 4.17. The maximum absolute atomic E-state index is 5.91. The summed E-state index contributed by atoms with van der Waals surface area (Å²) >= 11 is 0. The number of hydrogen-bond donors (Lipinski definition) is 1. The van der Waals surface area contributed by atoms with Crippen molar-refractivity contribution >= 4 is 5.69 Å². The molecule has 1 aliphatic heterocycles. The SMILES string of the molecule is CNCCCC1COc2c(C)cccc2N1C. The number of para-hydroxylation sites is 1. The molecule has 0 saturated heterocycles. The second-order valence-electron chi connectivity index (χ2n) is 4.74. The van der Waals surface area contributed by atoms with Crippen LogP contribution < -0.4 is 15.0 Å². The van der Waals surface area contributed by atoms with Crippen molar-refractivity contribution in [1.82, 2.24) is 5.32 Å². The molecule has 0 aliphatic carbocycles. The monoisotopic (exact) mass is 234 g/mol. The number of fused-ring (bicyclic) bond motifs is 1. The van der Waals surface area contributed by atoms with Crippen LogP contribution >= 0.6 is 0 Å². The number of benzene rings is 1. The van der Waals surface area contributed by atoms with E-state index in [1.165, 1.54) is 24.1 Å². The first-order valence-corrected chi connectivity index (χ1v) is 6.34. The summed E-state index contributed by atoms with van der Waals surface area (Å²) in [5.41, 5.74) is 2.45. The zero-order valence-electron chi connectivity index (χ0n) is 11.0. The summed E-state index contributed by atoms with van der Waals surface area (Å²) in [6.45, 7) is 3.98. The van der Waals surface area contributed by atoms with E-state index in [-0.39, 0.29) is 0 Å². The third-order valence-electron chi connectivity index (χ3n) is 3.50. The molecular formula is C14H22N2O. The minimum absolute atomic E-state index is 0.498. The van der Waals surface area contributed by atoms with Gasteiger partial charge in [0.15, 0.2) is 0 Å². The number of rotatable bonds is 4. The second kappa shape index (κ2) is 5.41. The van der Waals surface area contributed by atoms with Crippen molar-refractivity contribution in [3.05, 3.63) is 23.8 Å². The van der Waals surface area contributed by atoms with Gasteiger partial charge in [-0.1, -0.05) is 12.1 Å². The van der Waals surface area contributed by atoms with Crippen molar-refractivity contribution in [3.63, 3.8) is 0 Å². The van der Waals surface area contributed by atoms with Gasteiger partial charge in [-0.05, 0) is 45.0 Å². The van der Waals surface area contributed by atoms with Crippen LogP contribution in [0.3, 0.4) is 0 Å². The quantitative estimate of drug-likeness (QED) is 0.808. The number of nitrogens with one attached hydrogen (secondary N) is 1. The molecule has 0 saturated carbocycles. The fourth-order valence-corrected chi connectivity index (χ4v) is 2.38. The number of likely N-dealkylation sites (N-methyl/N-ethyl adjacent to an activating group) is 1. The highest BCUT2D eigenvalue weighted by Crippen LogP contribution is 2.36. The van der Waals surface area contributed by atoms with E-state index < -0.39 is 0 Å². The van der Waals surface area contributed by atoms with Crippen molar-refractivity contribution in [1.29, 1.82) is 0 Å². The van der Waals surface area contributed by atoms with Gasteiger partial charge in [0.25, 0.3) is 0 Å². The van der Waals surface area contributed by atoms with Crippen LogP contribution in [-0.4, -0.2) is 33.3 Å². The third-order valence-corrected chi connectivity index (χ3v) is 3.50. The van der Waals surface area contributed by atoms with E-state index in [1.54, 1.807) is 0 Å². The van der Waals surface area contributed by atoms with E-state index in [2.05, 4.69) is 42.4 Å². The summed E-state index contributed by atoms with van der Waals surface area (Å²) in [6.07, 6.45) is 2.36. The molecule has 1 N–H and O–H groups in total. The topological polar surface area (TPSA) is 24.5 Å². The minimum Gasteiger partial charge on any atom is -0.489 e. The highest BCUT2D eigenvalue weighted by molar-refractivity contribution is 5.63. The first-order chi connectivity index (χ1) is 8.24. The Balaban J connectivity index is 2.08. The Hall–Kier alpha value is -1.22. The van der Waals surface area contributed by atoms with Crippen molar-refractivity contribution in [2.75, 3.05) is 32.1 Å². The van der Waals surface area contributed by atoms with Gasteiger partial charge in [0.1, 0.15) is 12.4 Å². The van der Waals surface area contributed by atoms with Crippen LogP contribution in [0.1, 0.15) is 18.4 Å². The zero-order valence-corrected chi connectivity index (χ0v) is 11.0. The lowest BCUT2D eigenvalue weighted by Gasteiger charge is -2.36. The van der Waals surface area contributed by atoms with Crippen LogP contribution in [-0.2, 0) is 0 Å². The number of nitrogens with zero attached hydrogens (tertiary/aromatic N) is 1. The summed E-state index contributed by atoms with van der Waals surface area (Å²) in [5, 5.41) is 3.19. The molecule has 1 aromatic carbocycles. The number of aryl methyl sites for hydroxylation is 1. The molecule has 17 heavy (non-hydrogen) atoms. The molecule has 94 valence electrons. The molecule has 1 aromatic rings. The Bertz CT molecular complexity index is 378. The lowest BCUT2D eigenvalue weighted by Crippen LogP contribution is -2.40. The smallest absolute Gasteiger partial charge is 0.145 e. The van der Waals surface area contributed by atoms with Gasteiger partial charge in [0.05, 0.1) is 11.7 Å². The molecule has 0 aromatic heterocycles. The standard InChI is InChI=1S/C14H22N2O/c1-11-6-4-8-13-14(11)17-10-12(16(13)3)7-5-9-15-2/h4,6,8,12,15H,5,7,9-10H2,1-3H3. The molecule has 1 unspecified atom stereocenters. The first kappa shape index (κ1) is 12.2. The predicted octanol–water partition coefficient (Wildman–Crippen LogP) is 2.19. The van der Waals surface area contributed by atoms with Crippen molar-refractivity contribution in [2.24, 2.45) is 0 Å². The fraction of sp³-hybridized carbons (Fsp3) is 0.571. The van der Waals surface area contributed by atoms with Crippen LogP contribution in [0.25, 0.3) is 0 Å². The number of hydrogen-bond acceptors (Lipinski definition) is 3. The highest BCUT2D eigenvalue weighted by atomic mass is 16.5. The van der Waals surface area contributed by atoms with E-state index in [4.69, 9.17) is 4.74 Å². The van der Waals surface area contributed by atoms with Crippen LogP contribution in [0.4, 0.5) is 5.69 Å². The molecule has 3 heteroatoms. The van der Waals surface area contributed by atoms with Crippen LogP contribution in [0, 0.1) is 6.92 Å². The lowest BCUT2D eigenvalue weighted by molar-refractivity contribution is 0.256. The molecule has 0 fully saturated rings. The number of anilines is 1. The van der Waals surface area contributed by atoms with Gasteiger partial charge in [-0.3, -0.25) is 0 Å². The Morgan fingerprint density at radius 3 is 3.06 bits per heavy atom. The van der Waals surface area contributed by atoms with Crippen LogP contribution in [0.5, 0.6) is 5.75 Å². The molecule has 1 atom stereocenters. The molecular weight excluding hydrogens is 212 g/mol. The minimum atomic E-state index is 0.498. The second-order valence-corrected chi connectivity index (χ2v) is 4.74. The maximum Gasteiger partial charge on any atom is 0.145 e. The summed E-state index contributed by atoms with van der Waals surface area (Å²) in [6, 6.07) is 6.85. The Kier molecular flexibility index (Phi) is 3.89. The molecule has 2 rings (SSSR count). The van der Waals surface area contributed by atoms with Crippen LogP contribution in [0.15, 0.2) is 18.2 Å². The molecule has 0 radical (unpaired) electrons. The van der Waals surface area contributed by atoms with E-state index >= 15 is 0 Å². The maximum atomic E-state index is 5.91. The highest BCUT2D eigenvalue weighted by Gasteiger charge is 2.24. The Morgan fingerprint density at radius 2 is 2.29 bits per heavy atom. The normalized spacial score (nSPS) is 18.8. The van der Waals surface area contributed by atoms with Gasteiger partial charge in [-0.2, -0.15) is 0 Å². The van der Waals surface area contributed by atoms with E-state index in [0.29, 0.717) is 6.04 Å². The molecule has 1 heterocycles. The number of ether oxygens (including phenoxy) is 1. The van der Waals surface area contributed by atoms with Gasteiger partial charge >= 0.3 is 0 Å². The van der Waals surface area contributed by atoms with Gasteiger partial charge in [-0.15, -0.1) is 0 Å². The van der Waals surface area contributed by atoms with E-state index in [9.17, 15) is 0 Å². The summed E-state index contributed by atoms with van der Waals surface area (Å²) in [4.78, 5) is 2.36. The van der Waals surface area contributed by atoms with Gasteiger partial charge in [0, 0.05) is 7.05 Å². The van der Waals surface area contributed by atoms with Crippen molar-refractivity contribution < 1.29 is 4.74 Å². The van der Waals surface area contributed by atoms with Crippen LogP contribution in [0.2, 0.25) is 0 Å². The average Bonchev–Trinajstić information content (AvgIpc) is 2.33.